The second-order valence-electron chi connectivity index (χ2n) is 7.45. The number of nitrogens with one attached hydrogen (secondary N) is 1. The number of benzene rings is 1. The molecule has 1 unspecified atom stereocenters. The summed E-state index contributed by atoms with van der Waals surface area (Å²) in [7, 11) is 0. The zero-order valence-corrected chi connectivity index (χ0v) is 16.0. The van der Waals surface area contributed by atoms with Gasteiger partial charge in [-0.2, -0.15) is 4.59 Å². The Labute approximate surface area is 155 Å². The van der Waals surface area contributed by atoms with Crippen molar-refractivity contribution in [1.29, 1.82) is 0 Å². The molecule has 1 atom stereocenters. The van der Waals surface area contributed by atoms with Gasteiger partial charge < -0.3 is 16.0 Å². The largest absolute Gasteiger partial charge is 0.376 e. The Kier molecular flexibility index (Phi) is 5.32. The lowest BCUT2D eigenvalue weighted by Crippen LogP contribution is -2.46. The van der Waals surface area contributed by atoms with Crippen LogP contribution in [0.5, 0.6) is 0 Å². The van der Waals surface area contributed by atoms with E-state index in [2.05, 4.69) is 50.5 Å². The first-order valence-electron chi connectivity index (χ1n) is 9.43. The minimum absolute atomic E-state index is 0.319. The smallest absolute Gasteiger partial charge is 0.314 e. The molecule has 6 heteroatoms. The molecule has 3 N–H and O–H groups in total. The summed E-state index contributed by atoms with van der Waals surface area (Å²) in [4.78, 5) is 13.0. The first-order chi connectivity index (χ1) is 12.4. The fourth-order valence-electron chi connectivity index (χ4n) is 3.65. The average molecular weight is 356 g/mol. The molecule has 2 heterocycles. The molecule has 2 aliphatic rings. The number of primary amides is 1. The van der Waals surface area contributed by atoms with Crippen molar-refractivity contribution >= 4 is 12.2 Å². The van der Waals surface area contributed by atoms with Crippen molar-refractivity contribution in [1.82, 2.24) is 10.2 Å². The molecule has 2 aliphatic heterocycles. The summed E-state index contributed by atoms with van der Waals surface area (Å²) in [6, 6.07) is 6.69. The molecule has 140 valence electrons. The van der Waals surface area contributed by atoms with Gasteiger partial charge in [0.15, 0.2) is 0 Å². The summed E-state index contributed by atoms with van der Waals surface area (Å²) in [5, 5.41) is 8.39. The highest BCUT2D eigenvalue weighted by Gasteiger charge is 2.30. The lowest BCUT2D eigenvalue weighted by atomic mass is 10.1. The third-order valence-corrected chi connectivity index (χ3v) is 5.56. The molecule has 26 heavy (non-hydrogen) atoms. The van der Waals surface area contributed by atoms with E-state index >= 15 is 0 Å². The number of carbonyl (C=O) groups is 1. The van der Waals surface area contributed by atoms with Crippen molar-refractivity contribution < 1.29 is 9.39 Å². The first-order valence-corrected chi connectivity index (χ1v) is 9.43. The van der Waals surface area contributed by atoms with E-state index < -0.39 is 0 Å². The molecular formula is C20H30N5O+. The zero-order valence-electron chi connectivity index (χ0n) is 16.0. The summed E-state index contributed by atoms with van der Waals surface area (Å²) in [6.07, 6.45) is 6.00. The van der Waals surface area contributed by atoms with E-state index in [1.54, 1.807) is 4.90 Å². The quantitative estimate of drug-likeness (QED) is 0.796. The normalized spacial score (nSPS) is 23.2. The molecule has 1 aromatic rings. The number of aryl methyl sites for hydroxylation is 2. The molecule has 3 rings (SSSR count). The average Bonchev–Trinajstić information content (AvgIpc) is 3.02. The minimum atomic E-state index is -0.319. The number of piperidine rings is 1. The Balaban J connectivity index is 1.64. The Morgan fingerprint density at radius 1 is 1.31 bits per heavy atom. The van der Waals surface area contributed by atoms with Gasteiger partial charge in [0.2, 0.25) is 0 Å². The molecule has 0 radical (unpaired) electrons. The Hall–Kier alpha value is -2.34. The van der Waals surface area contributed by atoms with Gasteiger partial charge in [-0.3, -0.25) is 0 Å². The molecule has 1 aromatic carbocycles. The van der Waals surface area contributed by atoms with Gasteiger partial charge in [-0.05, 0) is 44.7 Å². The van der Waals surface area contributed by atoms with E-state index in [1.807, 2.05) is 6.21 Å². The maximum Gasteiger partial charge on any atom is 0.314 e. The van der Waals surface area contributed by atoms with E-state index in [0.29, 0.717) is 23.7 Å². The number of allylic oxidation sites excluding steroid dienone is 1. The Morgan fingerprint density at radius 3 is 2.65 bits per heavy atom. The number of rotatable bonds is 5. The van der Waals surface area contributed by atoms with E-state index in [9.17, 15) is 4.79 Å². The summed E-state index contributed by atoms with van der Waals surface area (Å²) in [5.74, 6) is 0. The number of likely N-dealkylation sites (tertiary alicyclic amines) is 1. The number of hydrogen-bond acceptors (Lipinski definition) is 3. The third kappa shape index (κ3) is 4.07. The Bertz CT molecular complexity index is 734. The van der Waals surface area contributed by atoms with Crippen molar-refractivity contribution in [2.75, 3.05) is 19.6 Å². The van der Waals surface area contributed by atoms with Crippen LogP contribution in [0.2, 0.25) is 0 Å². The van der Waals surface area contributed by atoms with Crippen LogP contribution in [0.1, 0.15) is 36.5 Å². The second-order valence-corrected chi connectivity index (χ2v) is 7.45. The van der Waals surface area contributed by atoms with Crippen molar-refractivity contribution in [2.24, 2.45) is 10.8 Å². The molecule has 1 saturated heterocycles. The van der Waals surface area contributed by atoms with Gasteiger partial charge in [0.05, 0.1) is 0 Å². The fourth-order valence-corrected chi connectivity index (χ4v) is 3.65. The number of hydrogen-bond donors (Lipinski definition) is 2. The molecule has 0 aromatic heterocycles. The van der Waals surface area contributed by atoms with Crippen LogP contribution < -0.4 is 11.1 Å². The predicted molar refractivity (Wildman–Crippen MR) is 104 cm³/mol. The van der Waals surface area contributed by atoms with E-state index in [-0.39, 0.29) is 6.03 Å². The van der Waals surface area contributed by atoms with Crippen molar-refractivity contribution in [2.45, 2.75) is 46.2 Å². The third-order valence-electron chi connectivity index (χ3n) is 5.56. The van der Waals surface area contributed by atoms with Gasteiger partial charge in [0.1, 0.15) is 31.2 Å². The first kappa shape index (κ1) is 18.5. The molecule has 6 nitrogen and oxygen atoms in total. The number of quaternary nitrogens is 1. The maximum absolute atomic E-state index is 11.2. The second kappa shape index (κ2) is 7.50. The summed E-state index contributed by atoms with van der Waals surface area (Å²) < 4.78 is 0.588. The van der Waals surface area contributed by atoms with Crippen LogP contribution in [0, 0.1) is 13.8 Å². The predicted octanol–water partition coefficient (Wildman–Crippen LogP) is 2.61. The number of carbonyl (C=O) groups excluding carboxylic acids is 1. The molecule has 0 bridgehead atoms. The lowest BCUT2D eigenvalue weighted by Gasteiger charge is -2.31. The summed E-state index contributed by atoms with van der Waals surface area (Å²) >= 11 is 0. The van der Waals surface area contributed by atoms with Gasteiger partial charge in [0, 0.05) is 24.7 Å². The number of nitrogens with zero attached hydrogens (tertiary/aromatic N) is 3. The van der Waals surface area contributed by atoms with Crippen LogP contribution in [-0.2, 0) is 6.54 Å². The SMILES string of the molecule is CC[N+]1(Cc2ccc(C)c(C)c2)C=C(NC2CCN(C(N)=O)CC2)C=N1. The lowest BCUT2D eigenvalue weighted by molar-refractivity contribution is -0.895. The van der Waals surface area contributed by atoms with Crippen molar-refractivity contribution in [3.8, 4) is 0 Å². The molecular weight excluding hydrogens is 326 g/mol. The highest BCUT2D eigenvalue weighted by molar-refractivity contribution is 5.78. The van der Waals surface area contributed by atoms with Crippen LogP contribution in [0.3, 0.4) is 0 Å². The van der Waals surface area contributed by atoms with Gasteiger partial charge >= 0.3 is 6.03 Å². The standard InChI is InChI=1S/C20H29N5O/c1-4-25(13-17-6-5-15(2)16(3)11-17)14-19(12-22-25)23-18-7-9-24(10-8-18)20(21)26/h5-6,11-12,14,18,23H,4,7-10,13H2,1-3H3,(H-,21,26)/p+1. The van der Waals surface area contributed by atoms with Gasteiger partial charge in [0.25, 0.3) is 0 Å². The van der Waals surface area contributed by atoms with E-state index in [4.69, 9.17) is 10.8 Å². The van der Waals surface area contributed by atoms with Gasteiger partial charge in [-0.1, -0.05) is 23.3 Å². The molecule has 1 fully saturated rings. The van der Waals surface area contributed by atoms with Crippen LogP contribution in [0.25, 0.3) is 0 Å². The zero-order chi connectivity index (χ0) is 18.7. The highest BCUT2D eigenvalue weighted by Crippen LogP contribution is 2.23. The Morgan fingerprint density at radius 2 is 2.04 bits per heavy atom. The topological polar surface area (TPSA) is 70.7 Å². The molecule has 0 saturated carbocycles. The monoisotopic (exact) mass is 356 g/mol. The van der Waals surface area contributed by atoms with Crippen molar-refractivity contribution in [3.05, 3.63) is 46.8 Å². The summed E-state index contributed by atoms with van der Waals surface area (Å²) in [5.41, 5.74) is 10.4. The van der Waals surface area contributed by atoms with Crippen LogP contribution in [-0.4, -0.2) is 47.4 Å². The number of nitrogens with two attached hydrogens (primary N) is 1. The van der Waals surface area contributed by atoms with Crippen molar-refractivity contribution in [3.63, 3.8) is 0 Å². The highest BCUT2D eigenvalue weighted by atomic mass is 16.2. The summed E-state index contributed by atoms with van der Waals surface area (Å²) in [6.45, 7) is 9.67. The van der Waals surface area contributed by atoms with E-state index in [0.717, 1.165) is 31.6 Å². The molecule has 2 amide bonds. The minimum Gasteiger partial charge on any atom is -0.376 e. The fraction of sp³-hybridized carbons (Fsp3) is 0.500. The molecule has 0 spiro atoms. The maximum atomic E-state index is 11.2. The van der Waals surface area contributed by atoms with Gasteiger partial charge in [-0.25, -0.2) is 4.79 Å². The number of amides is 2. The van der Waals surface area contributed by atoms with Crippen LogP contribution in [0.4, 0.5) is 4.79 Å². The van der Waals surface area contributed by atoms with Crippen LogP contribution >= 0.6 is 0 Å². The molecule has 0 aliphatic carbocycles. The van der Waals surface area contributed by atoms with Crippen LogP contribution in [0.15, 0.2) is 35.2 Å². The van der Waals surface area contributed by atoms with E-state index in [1.165, 1.54) is 16.7 Å². The van der Waals surface area contributed by atoms with Gasteiger partial charge in [-0.15, -0.1) is 0 Å². The number of urea groups is 1.